The lowest BCUT2D eigenvalue weighted by Gasteiger charge is -2.13. The van der Waals surface area contributed by atoms with E-state index in [0.717, 1.165) is 0 Å². The van der Waals surface area contributed by atoms with Gasteiger partial charge in [-0.25, -0.2) is 0 Å². The third-order valence-corrected chi connectivity index (χ3v) is 2.53. The molecule has 1 aromatic rings. The van der Waals surface area contributed by atoms with Crippen LogP contribution in [0.5, 0.6) is 17.2 Å². The smallest absolute Gasteiger partial charge is 0.188 e. The first kappa shape index (κ1) is 12.1. The fourth-order valence-electron chi connectivity index (χ4n) is 1.11. The largest absolute Gasteiger partial charge is 0.493 e. The van der Waals surface area contributed by atoms with Crippen molar-refractivity contribution in [3.8, 4) is 17.2 Å². The molecule has 1 rings (SSSR count). The van der Waals surface area contributed by atoms with Gasteiger partial charge in [-0.2, -0.15) is 0 Å². The fraction of sp³-hybridized carbons (Fsp3) is 0.400. The molecule has 0 radical (unpaired) electrons. The van der Waals surface area contributed by atoms with Crippen LogP contribution in [0.3, 0.4) is 0 Å². The van der Waals surface area contributed by atoms with Crippen LogP contribution in [0.1, 0.15) is 0 Å². The first-order valence-corrected chi connectivity index (χ1v) is 5.06. The molecular formula is C10H13BrO4. The van der Waals surface area contributed by atoms with Gasteiger partial charge in [0.2, 0.25) is 0 Å². The first-order chi connectivity index (χ1) is 7.24. The van der Waals surface area contributed by atoms with Gasteiger partial charge >= 0.3 is 0 Å². The van der Waals surface area contributed by atoms with Gasteiger partial charge in [0.05, 0.1) is 14.2 Å². The average Bonchev–Trinajstić information content (AvgIpc) is 2.27. The van der Waals surface area contributed by atoms with Crippen molar-refractivity contribution >= 4 is 15.9 Å². The molecule has 0 spiro atoms. The second kappa shape index (κ2) is 5.82. The Morgan fingerprint density at radius 3 is 2.27 bits per heavy atom. The summed E-state index contributed by atoms with van der Waals surface area (Å²) in [5, 5.41) is 0. The lowest BCUT2D eigenvalue weighted by Crippen LogP contribution is -2.00. The van der Waals surface area contributed by atoms with E-state index in [-0.39, 0.29) is 6.79 Å². The number of benzene rings is 1. The predicted octanol–water partition coefficient (Wildman–Crippen LogP) is 2.45. The number of hydrogen-bond acceptors (Lipinski definition) is 4. The Bertz CT molecular complexity index is 327. The van der Waals surface area contributed by atoms with E-state index in [1.54, 1.807) is 33.5 Å². The zero-order chi connectivity index (χ0) is 11.3. The molecule has 0 atom stereocenters. The third-order valence-electron chi connectivity index (χ3n) is 1.78. The molecule has 0 saturated carbocycles. The van der Waals surface area contributed by atoms with Gasteiger partial charge in [0.1, 0.15) is 10.2 Å². The molecule has 1 aromatic carbocycles. The summed E-state index contributed by atoms with van der Waals surface area (Å²) >= 11 is 3.38. The van der Waals surface area contributed by atoms with E-state index in [0.29, 0.717) is 21.7 Å². The summed E-state index contributed by atoms with van der Waals surface area (Å²) in [6.07, 6.45) is 0. The minimum atomic E-state index is 0.189. The topological polar surface area (TPSA) is 36.9 Å². The maximum absolute atomic E-state index is 5.32. The highest BCUT2D eigenvalue weighted by molar-refractivity contribution is 9.10. The Morgan fingerprint density at radius 2 is 1.73 bits per heavy atom. The van der Waals surface area contributed by atoms with Crippen molar-refractivity contribution in [2.24, 2.45) is 0 Å². The maximum Gasteiger partial charge on any atom is 0.188 e. The van der Waals surface area contributed by atoms with E-state index in [9.17, 15) is 0 Å². The lowest BCUT2D eigenvalue weighted by molar-refractivity contribution is 0.0503. The van der Waals surface area contributed by atoms with Crippen LogP contribution in [0.2, 0.25) is 0 Å². The molecule has 0 bridgehead atoms. The Hall–Kier alpha value is -0.940. The highest BCUT2D eigenvalue weighted by Crippen LogP contribution is 2.41. The summed E-state index contributed by atoms with van der Waals surface area (Å²) in [5.74, 6) is 1.90. The normalized spacial score (nSPS) is 9.87. The zero-order valence-corrected chi connectivity index (χ0v) is 10.5. The average molecular weight is 277 g/mol. The van der Waals surface area contributed by atoms with Crippen LogP contribution in [-0.2, 0) is 4.74 Å². The quantitative estimate of drug-likeness (QED) is 0.775. The first-order valence-electron chi connectivity index (χ1n) is 4.26. The number of hydrogen-bond donors (Lipinski definition) is 0. The lowest BCUT2D eigenvalue weighted by atomic mass is 10.3. The Kier molecular flexibility index (Phi) is 4.71. The van der Waals surface area contributed by atoms with Crippen LogP contribution in [0.4, 0.5) is 0 Å². The minimum absolute atomic E-state index is 0.189. The SMILES string of the molecule is COCOc1ccc(OC)c(OC)c1Br. The molecule has 0 heterocycles. The molecule has 84 valence electrons. The number of rotatable bonds is 5. The maximum atomic E-state index is 5.32. The second-order valence-electron chi connectivity index (χ2n) is 2.66. The standard InChI is InChI=1S/C10H13BrO4/c1-12-6-15-7-4-5-8(13-2)10(14-3)9(7)11/h4-5H,6H2,1-3H3. The molecule has 15 heavy (non-hydrogen) atoms. The van der Waals surface area contributed by atoms with Gasteiger partial charge in [-0.15, -0.1) is 0 Å². The van der Waals surface area contributed by atoms with Gasteiger partial charge in [0.15, 0.2) is 18.3 Å². The van der Waals surface area contributed by atoms with Crippen LogP contribution < -0.4 is 14.2 Å². The molecular weight excluding hydrogens is 264 g/mol. The molecule has 0 aliphatic rings. The second-order valence-corrected chi connectivity index (χ2v) is 3.46. The Morgan fingerprint density at radius 1 is 1.07 bits per heavy atom. The molecule has 0 N–H and O–H groups in total. The van der Waals surface area contributed by atoms with Crippen LogP contribution in [0, 0.1) is 0 Å². The van der Waals surface area contributed by atoms with E-state index in [2.05, 4.69) is 15.9 Å². The summed E-state index contributed by atoms with van der Waals surface area (Å²) in [6.45, 7) is 0.189. The highest BCUT2D eigenvalue weighted by Gasteiger charge is 2.13. The number of halogens is 1. The summed E-state index contributed by atoms with van der Waals surface area (Å²) < 4.78 is 21.2. The van der Waals surface area contributed by atoms with E-state index in [1.165, 1.54) is 0 Å². The summed E-state index contributed by atoms with van der Waals surface area (Å²) in [7, 11) is 4.72. The third kappa shape index (κ3) is 2.76. The van der Waals surface area contributed by atoms with Gasteiger partial charge in [-0.05, 0) is 28.1 Å². The molecule has 0 aliphatic heterocycles. The van der Waals surface area contributed by atoms with E-state index in [1.807, 2.05) is 0 Å². The molecule has 0 amide bonds. The fourth-order valence-corrected chi connectivity index (χ4v) is 1.71. The van der Waals surface area contributed by atoms with Crippen molar-refractivity contribution in [1.29, 1.82) is 0 Å². The van der Waals surface area contributed by atoms with Gasteiger partial charge in [0.25, 0.3) is 0 Å². The summed E-state index contributed by atoms with van der Waals surface area (Å²) in [5.41, 5.74) is 0. The molecule has 0 fully saturated rings. The molecule has 0 aliphatic carbocycles. The van der Waals surface area contributed by atoms with Crippen molar-refractivity contribution in [3.63, 3.8) is 0 Å². The van der Waals surface area contributed by atoms with Gasteiger partial charge in [0, 0.05) is 7.11 Å². The zero-order valence-electron chi connectivity index (χ0n) is 8.87. The van der Waals surface area contributed by atoms with Crippen molar-refractivity contribution in [2.75, 3.05) is 28.1 Å². The monoisotopic (exact) mass is 276 g/mol. The number of ether oxygens (including phenoxy) is 4. The minimum Gasteiger partial charge on any atom is -0.493 e. The molecule has 0 saturated heterocycles. The van der Waals surface area contributed by atoms with Crippen molar-refractivity contribution in [2.45, 2.75) is 0 Å². The van der Waals surface area contributed by atoms with Crippen molar-refractivity contribution < 1.29 is 18.9 Å². The van der Waals surface area contributed by atoms with Crippen molar-refractivity contribution in [3.05, 3.63) is 16.6 Å². The van der Waals surface area contributed by atoms with E-state index < -0.39 is 0 Å². The van der Waals surface area contributed by atoms with Crippen LogP contribution >= 0.6 is 15.9 Å². The Labute approximate surface area is 97.2 Å². The van der Waals surface area contributed by atoms with Gasteiger partial charge in [-0.1, -0.05) is 0 Å². The van der Waals surface area contributed by atoms with E-state index in [4.69, 9.17) is 18.9 Å². The van der Waals surface area contributed by atoms with Crippen LogP contribution in [0.15, 0.2) is 16.6 Å². The molecule has 0 unspecified atom stereocenters. The molecule has 0 aromatic heterocycles. The molecule has 4 nitrogen and oxygen atoms in total. The predicted molar refractivity (Wildman–Crippen MR) is 59.8 cm³/mol. The number of methoxy groups -OCH3 is 3. The van der Waals surface area contributed by atoms with Gasteiger partial charge in [-0.3, -0.25) is 0 Å². The van der Waals surface area contributed by atoms with Crippen LogP contribution in [0.25, 0.3) is 0 Å². The van der Waals surface area contributed by atoms with E-state index >= 15 is 0 Å². The van der Waals surface area contributed by atoms with Gasteiger partial charge < -0.3 is 18.9 Å². The molecule has 5 heteroatoms. The highest BCUT2D eigenvalue weighted by atomic mass is 79.9. The summed E-state index contributed by atoms with van der Waals surface area (Å²) in [4.78, 5) is 0. The summed E-state index contributed by atoms with van der Waals surface area (Å²) in [6, 6.07) is 3.55. The van der Waals surface area contributed by atoms with Crippen LogP contribution in [-0.4, -0.2) is 28.1 Å². The Balaban J connectivity index is 3.00. The van der Waals surface area contributed by atoms with Crippen molar-refractivity contribution in [1.82, 2.24) is 0 Å².